The van der Waals surface area contributed by atoms with Crippen molar-refractivity contribution in [2.24, 2.45) is 11.5 Å². The first kappa shape index (κ1) is 29.7. The normalized spacial score (nSPS) is 5.29. The van der Waals surface area contributed by atoms with Crippen molar-refractivity contribution in [2.75, 3.05) is 13.3 Å². The Morgan fingerprint density at radius 1 is 0.824 bits per heavy atom. The second-order valence-electron chi connectivity index (χ2n) is 1.15. The first-order valence-electron chi connectivity index (χ1n) is 3.29. The summed E-state index contributed by atoms with van der Waals surface area (Å²) >= 11 is 0. The van der Waals surface area contributed by atoms with Gasteiger partial charge in [0.05, 0.1) is 0 Å². The fraction of sp³-hybridized carbons (Fsp3) is 0.333. The van der Waals surface area contributed by atoms with E-state index in [0.29, 0.717) is 12.9 Å². The molecule has 11 heteroatoms. The van der Waals surface area contributed by atoms with Crippen LogP contribution >= 0.6 is 0 Å². The average molecular weight is 325 g/mol. The maximum atomic E-state index is 9.09. The van der Waals surface area contributed by atoms with Gasteiger partial charge in [-0.1, -0.05) is 12.9 Å². The summed E-state index contributed by atoms with van der Waals surface area (Å²) in [4.78, 5) is 34.6. The van der Waals surface area contributed by atoms with Crippen LogP contribution in [0.3, 0.4) is 0 Å². The molecule has 17 heavy (non-hydrogen) atoms. The topological polar surface area (TPSA) is 185 Å². The molecule has 99 valence electrons. The second-order valence-corrected chi connectivity index (χ2v) is 1.15. The van der Waals surface area contributed by atoms with Crippen molar-refractivity contribution in [2.45, 2.75) is 0 Å². The zero-order chi connectivity index (χ0) is 13.7. The number of hydrogen-bond donors (Lipinski definition) is 6. The largest absolute Gasteiger partial charge is 0.665 e. The molecule has 0 heterocycles. The summed E-state index contributed by atoms with van der Waals surface area (Å²) in [5, 5.41) is 17.7. The van der Waals surface area contributed by atoms with Gasteiger partial charge in [0.1, 0.15) is 0 Å². The van der Waals surface area contributed by atoms with Crippen LogP contribution in [0.1, 0.15) is 0 Å². The third kappa shape index (κ3) is 294. The number of amides is 2. The van der Waals surface area contributed by atoms with E-state index in [2.05, 4.69) is 10.6 Å². The summed E-state index contributed by atoms with van der Waals surface area (Å²) in [6.45, 7) is 1.34. The molecule has 0 aromatic carbocycles. The maximum Gasteiger partial charge on any atom is 0.0346 e. The molecule has 0 saturated heterocycles. The Morgan fingerprint density at radius 3 is 1.00 bits per heavy atom. The van der Waals surface area contributed by atoms with Crippen LogP contribution in [0.25, 0.3) is 0 Å². The molecule has 0 rings (SSSR count). The molecule has 0 atom stereocenters. The number of aliphatic hydroxyl groups excluding tert-OH is 2. The summed E-state index contributed by atoms with van der Waals surface area (Å²) in [7, 11) is 0. The predicted molar refractivity (Wildman–Crippen MR) is 52.4 cm³/mol. The minimum atomic E-state index is 0. The number of nitrogens with two attached hydrogens (primary N) is 2. The summed E-state index contributed by atoms with van der Waals surface area (Å²) < 4.78 is 0. The molecule has 0 bridgehead atoms. The molecule has 1 radical (unpaired) electrons. The maximum absolute atomic E-state index is 9.09. The monoisotopic (exact) mass is 325 g/mol. The molecule has 8 N–H and O–H groups in total. The quantitative estimate of drug-likeness (QED) is 0.173. The number of rotatable bonds is 4. The summed E-state index contributed by atoms with van der Waals surface area (Å²) in [5.41, 5.74) is 9.53. The van der Waals surface area contributed by atoms with E-state index in [-0.39, 0.29) is 46.0 Å². The van der Waals surface area contributed by atoms with Crippen molar-refractivity contribution in [1.29, 1.82) is 0 Å². The van der Waals surface area contributed by atoms with Gasteiger partial charge < -0.3 is 51.5 Å². The van der Waals surface area contributed by atoms with Crippen molar-refractivity contribution in [3.63, 3.8) is 0 Å². The van der Waals surface area contributed by atoms with Gasteiger partial charge in [0, 0.05) is 46.0 Å². The Hall–Kier alpha value is -1.10. The van der Waals surface area contributed by atoms with Gasteiger partial charge in [0.2, 0.25) is 0 Å². The number of hydrogen-bond acceptors (Lipinski definition) is 6. The first-order chi connectivity index (χ1) is 7.66. The molecule has 0 aliphatic rings. The van der Waals surface area contributed by atoms with Crippen LogP contribution in [0.15, 0.2) is 0 Å². The molecule has 0 aliphatic carbocycles. The van der Waals surface area contributed by atoms with Gasteiger partial charge in [-0.3, -0.25) is 0 Å². The fourth-order valence-electron chi connectivity index (χ4n) is 0.0833. The molecule has 0 spiro atoms. The second kappa shape index (κ2) is 60.4. The van der Waals surface area contributed by atoms with Crippen LogP contribution < -0.4 is 22.1 Å². The minimum Gasteiger partial charge on any atom is -0.665 e. The van der Waals surface area contributed by atoms with Gasteiger partial charge >= 0.3 is 0 Å². The Bertz CT molecular complexity index is 134. The van der Waals surface area contributed by atoms with Crippen LogP contribution in [-0.4, -0.2) is 49.3 Å². The Balaban J connectivity index is -0.0000000381. The van der Waals surface area contributed by atoms with E-state index >= 15 is 0 Å². The molecular formula is C6H12N4O6Y-4. The van der Waals surface area contributed by atoms with Crippen molar-refractivity contribution < 1.29 is 62.1 Å². The number of carbonyl (C=O) groups excluding carboxylic acids is 2. The average Bonchev–Trinajstić information content (AvgIpc) is 2.23. The van der Waals surface area contributed by atoms with E-state index in [4.69, 9.17) is 40.9 Å². The summed E-state index contributed by atoms with van der Waals surface area (Å²) in [6.07, 6.45) is 2.78. The molecule has 0 unspecified atom stereocenters. The van der Waals surface area contributed by atoms with Gasteiger partial charge in [-0.15, -0.1) is 0 Å². The molecular weight excluding hydrogens is 313 g/mol. The van der Waals surface area contributed by atoms with E-state index in [0.717, 1.165) is 0 Å². The van der Waals surface area contributed by atoms with E-state index in [1.54, 1.807) is 0 Å². The summed E-state index contributed by atoms with van der Waals surface area (Å²) in [6, 6.07) is 0. The zero-order valence-electron chi connectivity index (χ0n) is 8.67. The summed E-state index contributed by atoms with van der Waals surface area (Å²) in [5.74, 6) is 0. The molecule has 0 aliphatic heterocycles. The van der Waals surface area contributed by atoms with Gasteiger partial charge in [-0.2, -0.15) is 12.8 Å². The van der Waals surface area contributed by atoms with Gasteiger partial charge in [0.15, 0.2) is 0 Å². The van der Waals surface area contributed by atoms with Gasteiger partial charge in [-0.05, 0) is 0 Å². The molecule has 0 fully saturated rings. The van der Waals surface area contributed by atoms with E-state index in [1.807, 2.05) is 0 Å². The molecule has 0 saturated carbocycles. The SMILES string of the molecule is NCN[C-]=O.NCN[C-]=O.O=[C-]O.O=[C-]O.[Y]. The van der Waals surface area contributed by atoms with Crippen LogP contribution in [0.4, 0.5) is 0 Å². The molecule has 0 aromatic rings. The van der Waals surface area contributed by atoms with E-state index < -0.39 is 0 Å². The molecule has 0 aromatic heterocycles. The van der Waals surface area contributed by atoms with Gasteiger partial charge in [0.25, 0.3) is 0 Å². The van der Waals surface area contributed by atoms with Crippen molar-refractivity contribution in [3.05, 3.63) is 0 Å². The van der Waals surface area contributed by atoms with Crippen molar-refractivity contribution >= 4 is 25.8 Å². The van der Waals surface area contributed by atoms with Crippen LogP contribution in [0.5, 0.6) is 0 Å². The zero-order valence-corrected chi connectivity index (χ0v) is 11.5. The first-order valence-corrected chi connectivity index (χ1v) is 3.29. The van der Waals surface area contributed by atoms with Gasteiger partial charge in [-0.25, -0.2) is 0 Å². The van der Waals surface area contributed by atoms with E-state index in [9.17, 15) is 0 Å². The van der Waals surface area contributed by atoms with Crippen LogP contribution in [-0.2, 0) is 51.9 Å². The standard InChI is InChI=1S/2C2H5N2O.2CHO2.Y/c2*3-1-4-2-5;2*2-1-3;/h2*1,3H2,(H,4,5);2*(H,2,3);/q4*-1;. The Morgan fingerprint density at radius 2 is 1.00 bits per heavy atom. The Kier molecular flexibility index (Phi) is 106. The van der Waals surface area contributed by atoms with Crippen LogP contribution in [0.2, 0.25) is 0 Å². The molecule has 10 nitrogen and oxygen atoms in total. The van der Waals surface area contributed by atoms with Crippen molar-refractivity contribution in [1.82, 2.24) is 10.6 Å². The smallest absolute Gasteiger partial charge is 0.0346 e. The Labute approximate surface area is 123 Å². The van der Waals surface area contributed by atoms with Crippen LogP contribution in [0, 0.1) is 0 Å². The third-order valence-corrected chi connectivity index (χ3v) is 0.348. The predicted octanol–water partition coefficient (Wildman–Crippen LogP) is -3.66. The molecule has 2 amide bonds. The third-order valence-electron chi connectivity index (χ3n) is 0.348. The minimum absolute atomic E-state index is 0. The fourth-order valence-corrected chi connectivity index (χ4v) is 0.0833. The number of nitrogens with one attached hydrogen (secondary N) is 2. The van der Waals surface area contributed by atoms with Crippen molar-refractivity contribution in [3.8, 4) is 0 Å². The van der Waals surface area contributed by atoms with E-state index in [1.165, 1.54) is 12.8 Å².